The van der Waals surface area contributed by atoms with E-state index < -0.39 is 16.0 Å². The molecular weight excluding hydrogens is 631 g/mol. The first-order chi connectivity index (χ1) is 21.7. The second-order valence-corrected chi connectivity index (χ2v) is 14.5. The van der Waals surface area contributed by atoms with E-state index in [1.54, 1.807) is 12.1 Å². The van der Waals surface area contributed by atoms with Gasteiger partial charge in [-0.15, -0.1) is 0 Å². The van der Waals surface area contributed by atoms with Crippen molar-refractivity contribution in [3.8, 4) is 0 Å². The molecule has 0 spiro atoms. The summed E-state index contributed by atoms with van der Waals surface area (Å²) < 4.78 is 11.1. The number of nitrogens with one attached hydrogen (secondary N) is 1. The fourth-order valence-electron chi connectivity index (χ4n) is 5.81. The number of ether oxygens (including phenoxy) is 2. The number of anilines is 1. The maximum atomic E-state index is 12.3. The summed E-state index contributed by atoms with van der Waals surface area (Å²) in [7, 11) is 0. The van der Waals surface area contributed by atoms with Crippen LogP contribution in [0.3, 0.4) is 0 Å². The van der Waals surface area contributed by atoms with Gasteiger partial charge in [0, 0.05) is 24.2 Å². The van der Waals surface area contributed by atoms with Crippen LogP contribution >= 0.6 is 34.8 Å². The number of alkyl halides is 3. The third-order valence-electron chi connectivity index (χ3n) is 8.41. The second kappa shape index (κ2) is 20.8. The van der Waals surface area contributed by atoms with Crippen LogP contribution in [-0.2, 0) is 20.9 Å². The Hall–Kier alpha value is -1.38. The largest absolute Gasteiger partial charge is 0.392 e. The van der Waals surface area contributed by atoms with E-state index in [9.17, 15) is 9.90 Å². The molecule has 1 fully saturated rings. The predicted octanol–water partition coefficient (Wildman–Crippen LogP) is 10.1. The zero-order chi connectivity index (χ0) is 32.5. The first-order valence-electron chi connectivity index (χ1n) is 16.9. The Morgan fingerprint density at radius 3 is 2.02 bits per heavy atom. The second-order valence-electron chi connectivity index (χ2n) is 12.3. The number of halogens is 3. The van der Waals surface area contributed by atoms with Crippen molar-refractivity contribution in [1.29, 1.82) is 0 Å². The molecule has 0 aliphatic carbocycles. The van der Waals surface area contributed by atoms with Crippen LogP contribution in [-0.4, -0.2) is 45.4 Å². The first kappa shape index (κ1) is 38.1. The van der Waals surface area contributed by atoms with Crippen molar-refractivity contribution >= 4 is 46.4 Å². The van der Waals surface area contributed by atoms with E-state index in [2.05, 4.69) is 24.1 Å². The normalized spacial score (nSPS) is 18.8. The summed E-state index contributed by atoms with van der Waals surface area (Å²) in [4.78, 5) is 14.9. The molecular formula is C36H53Cl3N2O4. The van der Waals surface area contributed by atoms with Crippen LogP contribution < -0.4 is 5.32 Å². The molecule has 0 aromatic heterocycles. The van der Waals surface area contributed by atoms with Crippen molar-refractivity contribution in [2.45, 2.75) is 126 Å². The summed E-state index contributed by atoms with van der Waals surface area (Å²) in [5.41, 5.74) is 3.18. The molecule has 2 aromatic carbocycles. The molecule has 1 heterocycles. The molecule has 252 valence electrons. The van der Waals surface area contributed by atoms with Gasteiger partial charge in [0.15, 0.2) is 6.29 Å². The van der Waals surface area contributed by atoms with E-state index in [4.69, 9.17) is 44.3 Å². The van der Waals surface area contributed by atoms with Crippen molar-refractivity contribution in [3.63, 3.8) is 0 Å². The Bertz CT molecular complexity index is 1100. The molecule has 2 N–H and O–H groups in total. The van der Waals surface area contributed by atoms with Gasteiger partial charge in [-0.25, -0.2) is 0 Å². The van der Waals surface area contributed by atoms with E-state index in [0.717, 1.165) is 42.7 Å². The van der Waals surface area contributed by atoms with Crippen molar-refractivity contribution in [2.75, 3.05) is 25.0 Å². The van der Waals surface area contributed by atoms with Crippen molar-refractivity contribution in [1.82, 2.24) is 4.90 Å². The summed E-state index contributed by atoms with van der Waals surface area (Å²) in [6.45, 7) is 7.49. The molecule has 1 amide bonds. The minimum atomic E-state index is -2.07. The molecule has 1 aliphatic rings. The highest BCUT2D eigenvalue weighted by Gasteiger charge is 2.34. The van der Waals surface area contributed by atoms with Gasteiger partial charge < -0.3 is 24.8 Å². The smallest absolute Gasteiger partial charge is 0.276 e. The number of aliphatic hydroxyl groups is 1. The van der Waals surface area contributed by atoms with Gasteiger partial charge in [-0.1, -0.05) is 149 Å². The van der Waals surface area contributed by atoms with E-state index in [-0.39, 0.29) is 18.8 Å². The molecule has 9 heteroatoms. The van der Waals surface area contributed by atoms with Gasteiger partial charge in [0.25, 0.3) is 9.70 Å². The van der Waals surface area contributed by atoms with Crippen molar-refractivity contribution in [2.24, 2.45) is 0 Å². The SMILES string of the molecule is CCCCCCCCN(CCCCCCCC)C[C@@H]1C[C@H](c2ccc(CO)cc2)O[C@H](c2cccc(NC(=O)C(Cl)(Cl)Cl)c2)O1. The van der Waals surface area contributed by atoms with Crippen LogP contribution in [0.5, 0.6) is 0 Å². The fraction of sp³-hybridized carbons (Fsp3) is 0.639. The lowest BCUT2D eigenvalue weighted by Crippen LogP contribution is -2.40. The number of aliphatic hydroxyl groups excluding tert-OH is 1. The van der Waals surface area contributed by atoms with Crippen LogP contribution in [0.15, 0.2) is 48.5 Å². The van der Waals surface area contributed by atoms with Gasteiger partial charge in [-0.2, -0.15) is 0 Å². The van der Waals surface area contributed by atoms with Gasteiger partial charge in [-0.3, -0.25) is 4.79 Å². The Morgan fingerprint density at radius 1 is 0.844 bits per heavy atom. The maximum absolute atomic E-state index is 12.3. The molecule has 0 bridgehead atoms. The van der Waals surface area contributed by atoms with Crippen LogP contribution in [0.1, 0.15) is 126 Å². The van der Waals surface area contributed by atoms with Crippen LogP contribution in [0.25, 0.3) is 0 Å². The topological polar surface area (TPSA) is 71.0 Å². The van der Waals surface area contributed by atoms with Crippen LogP contribution in [0.2, 0.25) is 0 Å². The monoisotopic (exact) mass is 682 g/mol. The molecule has 3 atom stereocenters. The van der Waals surface area contributed by atoms with Gasteiger partial charge in [-0.05, 0) is 49.2 Å². The highest BCUT2D eigenvalue weighted by molar-refractivity contribution is 6.76. The van der Waals surface area contributed by atoms with Crippen LogP contribution in [0, 0.1) is 0 Å². The third-order valence-corrected chi connectivity index (χ3v) is 8.92. The number of hydrogen-bond acceptors (Lipinski definition) is 5. The third kappa shape index (κ3) is 14.1. The van der Waals surface area contributed by atoms with E-state index in [1.165, 1.54) is 77.0 Å². The molecule has 0 saturated carbocycles. The van der Waals surface area contributed by atoms with Crippen molar-refractivity contribution in [3.05, 3.63) is 65.2 Å². The maximum Gasteiger partial charge on any atom is 0.276 e. The molecule has 0 unspecified atom stereocenters. The molecule has 1 aliphatic heterocycles. The molecule has 6 nitrogen and oxygen atoms in total. The summed E-state index contributed by atoms with van der Waals surface area (Å²) in [6.07, 6.45) is 15.1. The van der Waals surface area contributed by atoms with Gasteiger partial charge in [0.2, 0.25) is 0 Å². The lowest BCUT2D eigenvalue weighted by molar-refractivity contribution is -0.253. The molecule has 45 heavy (non-hydrogen) atoms. The Labute approximate surface area is 286 Å². The average Bonchev–Trinajstić information content (AvgIpc) is 3.03. The minimum absolute atomic E-state index is 0.00127. The zero-order valence-electron chi connectivity index (χ0n) is 27.1. The number of amides is 1. The summed E-state index contributed by atoms with van der Waals surface area (Å²) in [5, 5.41) is 12.2. The number of unbranched alkanes of at least 4 members (excludes halogenated alkanes) is 10. The van der Waals surface area contributed by atoms with E-state index in [0.29, 0.717) is 5.69 Å². The molecule has 3 rings (SSSR count). The quantitative estimate of drug-likeness (QED) is 0.107. The number of nitrogens with zero attached hydrogens (tertiary/aromatic N) is 1. The Kier molecular flexibility index (Phi) is 17.6. The number of carbonyl (C=O) groups is 1. The van der Waals surface area contributed by atoms with Gasteiger partial charge >= 0.3 is 0 Å². The minimum Gasteiger partial charge on any atom is -0.392 e. The fourth-order valence-corrected chi connectivity index (χ4v) is 5.95. The summed E-state index contributed by atoms with van der Waals surface area (Å²) >= 11 is 17.3. The van der Waals surface area contributed by atoms with Gasteiger partial charge in [0.1, 0.15) is 0 Å². The Balaban J connectivity index is 1.76. The number of benzene rings is 2. The zero-order valence-corrected chi connectivity index (χ0v) is 29.4. The lowest BCUT2D eigenvalue weighted by Gasteiger charge is -2.38. The predicted molar refractivity (Wildman–Crippen MR) is 187 cm³/mol. The van der Waals surface area contributed by atoms with Crippen LogP contribution in [0.4, 0.5) is 5.69 Å². The summed E-state index contributed by atoms with van der Waals surface area (Å²) in [6, 6.07) is 15.2. The standard InChI is InChI=1S/C36H53Cl3N2O4/c1-3-5-7-9-11-13-22-41(23-14-12-10-8-6-4-2)26-32-25-33(29-20-18-28(27-42)19-21-29)45-34(44-32)30-16-15-17-31(24-30)40-35(43)36(37,38)39/h15-21,24,32-34,42H,3-14,22-23,25-27H2,1-2H3,(H,40,43)/t32-,33+,34+/m0/s1. The lowest BCUT2D eigenvalue weighted by atomic mass is 9.99. The molecule has 1 saturated heterocycles. The molecule has 2 aromatic rings. The number of carbonyl (C=O) groups excluding carboxylic acids is 1. The summed E-state index contributed by atoms with van der Waals surface area (Å²) in [5.74, 6) is -0.727. The average molecular weight is 684 g/mol. The highest BCUT2D eigenvalue weighted by Crippen LogP contribution is 2.39. The highest BCUT2D eigenvalue weighted by atomic mass is 35.6. The Morgan fingerprint density at radius 2 is 1.44 bits per heavy atom. The number of rotatable bonds is 20. The van der Waals surface area contributed by atoms with E-state index >= 15 is 0 Å². The van der Waals surface area contributed by atoms with Crippen molar-refractivity contribution < 1.29 is 19.4 Å². The van der Waals surface area contributed by atoms with E-state index in [1.807, 2.05) is 36.4 Å². The van der Waals surface area contributed by atoms with Gasteiger partial charge in [0.05, 0.1) is 18.8 Å². The number of hydrogen-bond donors (Lipinski definition) is 2. The first-order valence-corrected chi connectivity index (χ1v) is 18.1. The molecule has 0 radical (unpaired) electrons.